The fourth-order valence-electron chi connectivity index (χ4n) is 1.24. The van der Waals surface area contributed by atoms with Crippen LogP contribution in [0.2, 0.25) is 0 Å². The van der Waals surface area contributed by atoms with E-state index in [-0.39, 0.29) is 11.8 Å². The van der Waals surface area contributed by atoms with Crippen molar-refractivity contribution in [2.45, 2.75) is 26.0 Å². The largest absolute Gasteiger partial charge is 0.463 e. The summed E-state index contributed by atoms with van der Waals surface area (Å²) in [6.45, 7) is 4.05. The van der Waals surface area contributed by atoms with Crippen molar-refractivity contribution in [2.75, 3.05) is 13.7 Å². The van der Waals surface area contributed by atoms with E-state index in [1.807, 2.05) is 6.92 Å². The van der Waals surface area contributed by atoms with E-state index in [2.05, 4.69) is 10.1 Å². The van der Waals surface area contributed by atoms with Gasteiger partial charge in [-0.25, -0.2) is 4.79 Å². The molecule has 0 saturated heterocycles. The first-order chi connectivity index (χ1) is 7.54. The van der Waals surface area contributed by atoms with Gasteiger partial charge in [-0.3, -0.25) is 0 Å². The van der Waals surface area contributed by atoms with Crippen molar-refractivity contribution in [3.63, 3.8) is 0 Å². The van der Waals surface area contributed by atoms with E-state index < -0.39 is 12.1 Å². The third-order valence-corrected chi connectivity index (χ3v) is 2.16. The molecular formula is C11H17NO4. The molecule has 2 N–H and O–H groups in total. The summed E-state index contributed by atoms with van der Waals surface area (Å²) >= 11 is 0. The van der Waals surface area contributed by atoms with Gasteiger partial charge in [0.15, 0.2) is 0 Å². The van der Waals surface area contributed by atoms with Gasteiger partial charge in [0.1, 0.15) is 5.76 Å². The summed E-state index contributed by atoms with van der Waals surface area (Å²) in [4.78, 5) is 11.1. The summed E-state index contributed by atoms with van der Waals surface area (Å²) in [5, 5.41) is 12.2. The van der Waals surface area contributed by atoms with Gasteiger partial charge in [0.2, 0.25) is 5.76 Å². The summed E-state index contributed by atoms with van der Waals surface area (Å²) in [5.41, 5.74) is 0. The minimum absolute atomic E-state index is 0.0620. The lowest BCUT2D eigenvalue weighted by molar-refractivity contribution is 0.0562. The zero-order chi connectivity index (χ0) is 12.1. The molecule has 0 saturated carbocycles. The number of aliphatic hydroxyl groups is 1. The maximum absolute atomic E-state index is 11.1. The maximum Gasteiger partial charge on any atom is 0.373 e. The zero-order valence-electron chi connectivity index (χ0n) is 9.69. The quantitative estimate of drug-likeness (QED) is 0.737. The van der Waals surface area contributed by atoms with Crippen LogP contribution in [-0.2, 0) is 4.74 Å². The first-order valence-corrected chi connectivity index (χ1v) is 5.14. The Bertz CT molecular complexity index is 346. The van der Waals surface area contributed by atoms with E-state index in [0.29, 0.717) is 12.3 Å². The predicted octanol–water partition coefficient (Wildman–Crippen LogP) is 1.10. The minimum Gasteiger partial charge on any atom is -0.463 e. The molecule has 1 rings (SSSR count). The van der Waals surface area contributed by atoms with Crippen LogP contribution in [0.1, 0.15) is 36.2 Å². The molecule has 0 fully saturated rings. The van der Waals surface area contributed by atoms with Gasteiger partial charge < -0.3 is 19.6 Å². The van der Waals surface area contributed by atoms with Gasteiger partial charge >= 0.3 is 5.97 Å². The number of carbonyl (C=O) groups is 1. The van der Waals surface area contributed by atoms with Crippen molar-refractivity contribution in [3.05, 3.63) is 23.7 Å². The van der Waals surface area contributed by atoms with E-state index in [0.717, 1.165) is 0 Å². The van der Waals surface area contributed by atoms with Crippen LogP contribution in [0.4, 0.5) is 0 Å². The lowest BCUT2D eigenvalue weighted by atomic mass is 10.2. The summed E-state index contributed by atoms with van der Waals surface area (Å²) in [7, 11) is 1.31. The number of hydrogen-bond acceptors (Lipinski definition) is 5. The Morgan fingerprint density at radius 1 is 1.56 bits per heavy atom. The minimum atomic E-state index is -0.492. The fraction of sp³-hybridized carbons (Fsp3) is 0.545. The molecule has 2 unspecified atom stereocenters. The number of hydrogen-bond donors (Lipinski definition) is 2. The Morgan fingerprint density at radius 3 is 2.81 bits per heavy atom. The molecule has 5 nitrogen and oxygen atoms in total. The summed E-state index contributed by atoms with van der Waals surface area (Å²) in [6.07, 6.45) is -0.419. The molecule has 0 aromatic carbocycles. The van der Waals surface area contributed by atoms with E-state index in [1.54, 1.807) is 19.1 Å². The van der Waals surface area contributed by atoms with Crippen molar-refractivity contribution in [1.29, 1.82) is 0 Å². The number of methoxy groups -OCH3 is 1. The highest BCUT2D eigenvalue weighted by Gasteiger charge is 2.15. The second-order valence-corrected chi connectivity index (χ2v) is 3.67. The fourth-order valence-corrected chi connectivity index (χ4v) is 1.24. The first kappa shape index (κ1) is 12.7. The predicted molar refractivity (Wildman–Crippen MR) is 58.1 cm³/mol. The molecular weight excluding hydrogens is 210 g/mol. The lowest BCUT2D eigenvalue weighted by Gasteiger charge is -2.12. The van der Waals surface area contributed by atoms with Crippen LogP contribution < -0.4 is 5.32 Å². The number of carbonyl (C=O) groups excluding carboxylic acids is 1. The standard InChI is InChI=1S/C11H17NO4/c1-7(13)6-12-8(2)9-4-5-10(16-9)11(14)15-3/h4-5,7-8,12-13H,6H2,1-3H3. The Hall–Kier alpha value is -1.33. The SMILES string of the molecule is COC(=O)c1ccc(C(C)NCC(C)O)o1. The van der Waals surface area contributed by atoms with Crippen LogP contribution in [0.25, 0.3) is 0 Å². The van der Waals surface area contributed by atoms with Crippen LogP contribution in [-0.4, -0.2) is 30.8 Å². The highest BCUT2D eigenvalue weighted by Crippen LogP contribution is 2.16. The van der Waals surface area contributed by atoms with Crippen molar-refractivity contribution in [3.8, 4) is 0 Å². The highest BCUT2D eigenvalue weighted by molar-refractivity contribution is 5.86. The molecule has 0 spiro atoms. The molecule has 0 aliphatic rings. The van der Waals surface area contributed by atoms with Gasteiger partial charge in [-0.1, -0.05) is 0 Å². The van der Waals surface area contributed by atoms with Crippen LogP contribution in [0.3, 0.4) is 0 Å². The van der Waals surface area contributed by atoms with Gasteiger partial charge in [0.25, 0.3) is 0 Å². The van der Waals surface area contributed by atoms with Crippen molar-refractivity contribution in [2.24, 2.45) is 0 Å². The van der Waals surface area contributed by atoms with E-state index >= 15 is 0 Å². The van der Waals surface area contributed by atoms with E-state index in [9.17, 15) is 4.79 Å². The maximum atomic E-state index is 11.1. The number of furan rings is 1. The van der Waals surface area contributed by atoms with Gasteiger partial charge in [-0.2, -0.15) is 0 Å². The average molecular weight is 227 g/mol. The van der Waals surface area contributed by atoms with Crippen molar-refractivity contribution >= 4 is 5.97 Å². The smallest absolute Gasteiger partial charge is 0.373 e. The molecule has 0 amide bonds. The van der Waals surface area contributed by atoms with Crippen LogP contribution in [0.5, 0.6) is 0 Å². The monoisotopic (exact) mass is 227 g/mol. The molecule has 1 aromatic rings. The molecule has 1 heterocycles. The molecule has 5 heteroatoms. The van der Waals surface area contributed by atoms with Crippen molar-refractivity contribution < 1.29 is 19.1 Å². The van der Waals surface area contributed by atoms with E-state index in [4.69, 9.17) is 9.52 Å². The van der Waals surface area contributed by atoms with Crippen LogP contribution >= 0.6 is 0 Å². The number of esters is 1. The Balaban J connectivity index is 2.59. The Labute approximate surface area is 94.4 Å². The lowest BCUT2D eigenvalue weighted by Crippen LogP contribution is -2.26. The molecule has 0 bridgehead atoms. The summed E-state index contributed by atoms with van der Waals surface area (Å²) in [5.74, 6) is 0.332. The molecule has 0 aliphatic heterocycles. The second kappa shape index (κ2) is 5.67. The molecule has 1 aromatic heterocycles. The van der Waals surface area contributed by atoms with Crippen molar-refractivity contribution in [1.82, 2.24) is 5.32 Å². The number of nitrogens with one attached hydrogen (secondary N) is 1. The molecule has 0 aliphatic carbocycles. The van der Waals surface area contributed by atoms with Crippen LogP contribution in [0, 0.1) is 0 Å². The number of rotatable bonds is 5. The summed E-state index contributed by atoms with van der Waals surface area (Å²) < 4.78 is 9.85. The van der Waals surface area contributed by atoms with Gasteiger partial charge in [-0.15, -0.1) is 0 Å². The van der Waals surface area contributed by atoms with E-state index in [1.165, 1.54) is 7.11 Å². The Kier molecular flexibility index (Phi) is 4.52. The van der Waals surface area contributed by atoms with Gasteiger partial charge in [0, 0.05) is 6.54 Å². The highest BCUT2D eigenvalue weighted by atomic mass is 16.5. The third kappa shape index (κ3) is 3.36. The Morgan fingerprint density at radius 2 is 2.25 bits per heavy atom. The molecule has 0 radical (unpaired) electrons. The number of ether oxygens (including phenoxy) is 1. The molecule has 2 atom stereocenters. The number of aliphatic hydroxyl groups excluding tert-OH is 1. The second-order valence-electron chi connectivity index (χ2n) is 3.67. The molecule has 90 valence electrons. The molecule has 16 heavy (non-hydrogen) atoms. The van der Waals surface area contributed by atoms with Gasteiger partial charge in [-0.05, 0) is 26.0 Å². The third-order valence-electron chi connectivity index (χ3n) is 2.16. The normalized spacial score (nSPS) is 14.5. The average Bonchev–Trinajstić information content (AvgIpc) is 2.74. The zero-order valence-corrected chi connectivity index (χ0v) is 9.69. The first-order valence-electron chi connectivity index (χ1n) is 5.14. The van der Waals surface area contributed by atoms with Crippen LogP contribution in [0.15, 0.2) is 16.5 Å². The van der Waals surface area contributed by atoms with Gasteiger partial charge in [0.05, 0.1) is 19.3 Å². The summed E-state index contributed by atoms with van der Waals surface area (Å²) in [6, 6.07) is 3.22. The topological polar surface area (TPSA) is 71.7 Å².